The molecular weight excluding hydrogens is 232 g/mol. The Morgan fingerprint density at radius 3 is 2.94 bits per heavy atom. The van der Waals surface area contributed by atoms with Crippen LogP contribution >= 0.6 is 11.8 Å². The molecule has 0 saturated carbocycles. The number of benzene rings is 1. The zero-order valence-corrected chi connectivity index (χ0v) is 11.1. The number of Topliss-reactive ketones (excluding diaryl/α,β-unsaturated/α-hetero) is 1. The lowest BCUT2D eigenvalue weighted by Crippen LogP contribution is -2.36. The number of nitrogen functional groups attached to an aromatic ring is 1. The van der Waals surface area contributed by atoms with Gasteiger partial charge in [0.25, 0.3) is 0 Å². The van der Waals surface area contributed by atoms with Crippen molar-refractivity contribution in [2.24, 2.45) is 0 Å². The Balaban J connectivity index is 2.26. The SMILES string of the molecule is CC(=O)c1cc(N2CCSC(C)C2)ccc1N. The molecule has 92 valence electrons. The summed E-state index contributed by atoms with van der Waals surface area (Å²) >= 11 is 2.00. The van der Waals surface area contributed by atoms with E-state index in [0.29, 0.717) is 16.5 Å². The molecule has 0 radical (unpaired) electrons. The number of thioether (sulfide) groups is 1. The summed E-state index contributed by atoms with van der Waals surface area (Å²) < 4.78 is 0. The number of carbonyl (C=O) groups is 1. The summed E-state index contributed by atoms with van der Waals surface area (Å²) in [6.45, 7) is 5.87. The van der Waals surface area contributed by atoms with Crippen LogP contribution in [0, 0.1) is 0 Å². The van der Waals surface area contributed by atoms with Gasteiger partial charge in [-0.15, -0.1) is 0 Å². The van der Waals surface area contributed by atoms with Crippen molar-refractivity contribution in [3.63, 3.8) is 0 Å². The lowest BCUT2D eigenvalue weighted by molar-refractivity contribution is 0.101. The van der Waals surface area contributed by atoms with E-state index >= 15 is 0 Å². The zero-order chi connectivity index (χ0) is 12.4. The highest BCUT2D eigenvalue weighted by atomic mass is 32.2. The summed E-state index contributed by atoms with van der Waals surface area (Å²) in [6.07, 6.45) is 0. The highest BCUT2D eigenvalue weighted by Crippen LogP contribution is 2.26. The van der Waals surface area contributed by atoms with Crippen molar-refractivity contribution in [2.75, 3.05) is 29.5 Å². The molecule has 1 saturated heterocycles. The van der Waals surface area contributed by atoms with Gasteiger partial charge in [-0.2, -0.15) is 11.8 Å². The van der Waals surface area contributed by atoms with Crippen molar-refractivity contribution < 1.29 is 4.79 Å². The molecule has 3 nitrogen and oxygen atoms in total. The summed E-state index contributed by atoms with van der Waals surface area (Å²) in [5, 5.41) is 0.641. The fourth-order valence-corrected chi connectivity index (χ4v) is 3.11. The minimum Gasteiger partial charge on any atom is -0.398 e. The van der Waals surface area contributed by atoms with Gasteiger partial charge in [0.15, 0.2) is 5.78 Å². The first kappa shape index (κ1) is 12.3. The van der Waals surface area contributed by atoms with E-state index in [1.54, 1.807) is 6.92 Å². The zero-order valence-electron chi connectivity index (χ0n) is 10.3. The molecule has 1 aromatic rings. The van der Waals surface area contributed by atoms with Gasteiger partial charge in [0, 0.05) is 41.0 Å². The van der Waals surface area contributed by atoms with Gasteiger partial charge in [-0.3, -0.25) is 4.79 Å². The maximum Gasteiger partial charge on any atom is 0.161 e. The molecule has 1 heterocycles. The standard InChI is InChI=1S/C13H18N2OS/c1-9-8-15(5-6-17-9)11-3-4-13(14)12(7-11)10(2)16/h3-4,7,9H,5-6,8,14H2,1-2H3. The number of hydrogen-bond donors (Lipinski definition) is 1. The molecule has 1 aromatic carbocycles. The van der Waals surface area contributed by atoms with Crippen LogP contribution in [0.25, 0.3) is 0 Å². The fraction of sp³-hybridized carbons (Fsp3) is 0.462. The minimum absolute atomic E-state index is 0.0313. The molecule has 0 spiro atoms. The van der Waals surface area contributed by atoms with Crippen LogP contribution in [0.4, 0.5) is 11.4 Å². The number of carbonyl (C=O) groups excluding carboxylic acids is 1. The van der Waals surface area contributed by atoms with Crippen LogP contribution < -0.4 is 10.6 Å². The lowest BCUT2D eigenvalue weighted by Gasteiger charge is -2.32. The van der Waals surface area contributed by atoms with Crippen molar-refractivity contribution in [2.45, 2.75) is 19.1 Å². The third kappa shape index (κ3) is 2.75. The fourth-order valence-electron chi connectivity index (χ4n) is 2.10. The maximum atomic E-state index is 11.5. The van der Waals surface area contributed by atoms with E-state index < -0.39 is 0 Å². The quantitative estimate of drug-likeness (QED) is 0.647. The number of hydrogen-bond acceptors (Lipinski definition) is 4. The summed E-state index contributed by atoms with van der Waals surface area (Å²) in [6, 6.07) is 5.75. The number of ketones is 1. The first-order valence-corrected chi connectivity index (χ1v) is 6.90. The maximum absolute atomic E-state index is 11.5. The molecule has 1 aliphatic heterocycles. The second-order valence-electron chi connectivity index (χ2n) is 4.46. The smallest absolute Gasteiger partial charge is 0.161 e. The Hall–Kier alpha value is -1.16. The predicted octanol–water partition coefficient (Wildman–Crippen LogP) is 2.41. The molecule has 17 heavy (non-hydrogen) atoms. The molecule has 1 atom stereocenters. The number of rotatable bonds is 2. The van der Waals surface area contributed by atoms with E-state index in [1.165, 1.54) is 0 Å². The summed E-state index contributed by atoms with van der Waals surface area (Å²) in [4.78, 5) is 13.8. The first-order chi connectivity index (χ1) is 8.08. The predicted molar refractivity (Wildman–Crippen MR) is 75.0 cm³/mol. The second-order valence-corrected chi connectivity index (χ2v) is 6.00. The van der Waals surface area contributed by atoms with Crippen LogP contribution in [-0.4, -0.2) is 29.9 Å². The Morgan fingerprint density at radius 1 is 1.53 bits per heavy atom. The molecule has 2 N–H and O–H groups in total. The Morgan fingerprint density at radius 2 is 2.29 bits per heavy atom. The van der Waals surface area contributed by atoms with Gasteiger partial charge < -0.3 is 10.6 Å². The van der Waals surface area contributed by atoms with Crippen molar-refractivity contribution in [1.29, 1.82) is 0 Å². The van der Waals surface area contributed by atoms with E-state index in [-0.39, 0.29) is 5.78 Å². The molecule has 0 aromatic heterocycles. The largest absolute Gasteiger partial charge is 0.398 e. The van der Waals surface area contributed by atoms with Gasteiger partial charge in [-0.1, -0.05) is 6.92 Å². The van der Waals surface area contributed by atoms with Crippen LogP contribution in [-0.2, 0) is 0 Å². The Bertz CT molecular complexity index is 433. The molecule has 2 rings (SSSR count). The van der Waals surface area contributed by atoms with E-state index in [2.05, 4.69) is 11.8 Å². The van der Waals surface area contributed by atoms with E-state index in [1.807, 2.05) is 30.0 Å². The van der Waals surface area contributed by atoms with Crippen molar-refractivity contribution in [3.8, 4) is 0 Å². The topological polar surface area (TPSA) is 46.3 Å². The van der Waals surface area contributed by atoms with Crippen molar-refractivity contribution in [1.82, 2.24) is 0 Å². The highest BCUT2D eigenvalue weighted by Gasteiger charge is 2.18. The summed E-state index contributed by atoms with van der Waals surface area (Å²) in [5.74, 6) is 1.17. The van der Waals surface area contributed by atoms with Crippen molar-refractivity contribution in [3.05, 3.63) is 23.8 Å². The monoisotopic (exact) mass is 250 g/mol. The van der Waals surface area contributed by atoms with Crippen LogP contribution in [0.2, 0.25) is 0 Å². The molecular formula is C13H18N2OS. The number of nitrogens with zero attached hydrogens (tertiary/aromatic N) is 1. The Labute approximate surface area is 106 Å². The van der Waals surface area contributed by atoms with E-state index in [4.69, 9.17) is 5.73 Å². The number of nitrogens with two attached hydrogens (primary N) is 1. The summed E-state index contributed by atoms with van der Waals surface area (Å²) in [5.41, 5.74) is 8.11. The average Bonchev–Trinajstić information content (AvgIpc) is 2.29. The highest BCUT2D eigenvalue weighted by molar-refractivity contribution is 8.00. The van der Waals surface area contributed by atoms with Crippen molar-refractivity contribution >= 4 is 28.9 Å². The first-order valence-electron chi connectivity index (χ1n) is 5.85. The van der Waals surface area contributed by atoms with Gasteiger partial charge in [-0.25, -0.2) is 0 Å². The molecule has 0 amide bonds. The van der Waals surface area contributed by atoms with Crippen LogP contribution in [0.1, 0.15) is 24.2 Å². The van der Waals surface area contributed by atoms with Crippen LogP contribution in [0.3, 0.4) is 0 Å². The van der Waals surface area contributed by atoms with Gasteiger partial charge in [0.1, 0.15) is 0 Å². The summed E-state index contributed by atoms with van der Waals surface area (Å²) in [7, 11) is 0. The van der Waals surface area contributed by atoms with Gasteiger partial charge >= 0.3 is 0 Å². The van der Waals surface area contributed by atoms with Gasteiger partial charge in [-0.05, 0) is 25.1 Å². The minimum atomic E-state index is 0.0313. The van der Waals surface area contributed by atoms with Gasteiger partial charge in [0.2, 0.25) is 0 Å². The second kappa shape index (κ2) is 5.00. The van der Waals surface area contributed by atoms with E-state index in [0.717, 1.165) is 24.5 Å². The Kier molecular flexibility index (Phi) is 3.62. The normalized spacial score (nSPS) is 20.4. The van der Waals surface area contributed by atoms with E-state index in [9.17, 15) is 4.79 Å². The lowest BCUT2D eigenvalue weighted by atomic mass is 10.1. The average molecular weight is 250 g/mol. The molecule has 0 bridgehead atoms. The van der Waals surface area contributed by atoms with Crippen LogP contribution in [0.5, 0.6) is 0 Å². The molecule has 0 aliphatic carbocycles. The molecule has 1 fully saturated rings. The van der Waals surface area contributed by atoms with Gasteiger partial charge in [0.05, 0.1) is 0 Å². The third-order valence-corrected chi connectivity index (χ3v) is 4.16. The van der Waals surface area contributed by atoms with Crippen LogP contribution in [0.15, 0.2) is 18.2 Å². The molecule has 1 unspecified atom stereocenters. The molecule has 1 aliphatic rings. The molecule has 4 heteroatoms. The third-order valence-electron chi connectivity index (χ3n) is 3.02. The number of anilines is 2.